The molecule has 30 heavy (non-hydrogen) atoms. The predicted octanol–water partition coefficient (Wildman–Crippen LogP) is 1.72. The van der Waals surface area contributed by atoms with Crippen molar-refractivity contribution in [3.05, 3.63) is 29.8 Å². The van der Waals surface area contributed by atoms with E-state index in [0.29, 0.717) is 26.1 Å². The van der Waals surface area contributed by atoms with Gasteiger partial charge in [0.15, 0.2) is 5.96 Å². The van der Waals surface area contributed by atoms with E-state index in [1.807, 2.05) is 19.1 Å². The van der Waals surface area contributed by atoms with Gasteiger partial charge in [-0.15, -0.1) is 0 Å². The van der Waals surface area contributed by atoms with Crippen LogP contribution in [0, 0.1) is 0 Å². The Morgan fingerprint density at radius 1 is 1.20 bits per heavy atom. The summed E-state index contributed by atoms with van der Waals surface area (Å²) in [6.45, 7) is 8.31. The Kier molecular flexibility index (Phi) is 10.4. The summed E-state index contributed by atoms with van der Waals surface area (Å²) in [4.78, 5) is 7.31. The molecule has 1 aromatic carbocycles. The molecule has 0 bridgehead atoms. The van der Waals surface area contributed by atoms with Gasteiger partial charge in [-0.2, -0.15) is 0 Å². The maximum Gasteiger partial charge on any atom is 0.211 e. The summed E-state index contributed by atoms with van der Waals surface area (Å²) >= 11 is 0. The van der Waals surface area contributed by atoms with Crippen LogP contribution < -0.4 is 20.1 Å². The lowest BCUT2D eigenvalue weighted by atomic mass is 10.1. The van der Waals surface area contributed by atoms with Gasteiger partial charge in [0, 0.05) is 19.6 Å². The van der Waals surface area contributed by atoms with Crippen molar-refractivity contribution in [1.82, 2.24) is 20.3 Å². The Hall–Kier alpha value is -1.84. The molecule has 0 aromatic heterocycles. The van der Waals surface area contributed by atoms with E-state index in [1.54, 1.807) is 14.0 Å². The third-order valence-corrected chi connectivity index (χ3v) is 6.58. The number of aliphatic imine (C=N–C) groups is 1. The molecule has 1 atom stereocenters. The minimum Gasteiger partial charge on any atom is -0.497 e. The van der Waals surface area contributed by atoms with Crippen molar-refractivity contribution in [3.8, 4) is 5.75 Å². The van der Waals surface area contributed by atoms with E-state index >= 15 is 0 Å². The summed E-state index contributed by atoms with van der Waals surface area (Å²) in [7, 11) is -1.45. The van der Waals surface area contributed by atoms with Gasteiger partial charge in [-0.3, -0.25) is 9.89 Å². The second-order valence-electron chi connectivity index (χ2n) is 7.33. The molecule has 1 heterocycles. The van der Waals surface area contributed by atoms with Crippen LogP contribution in [0.4, 0.5) is 0 Å². The fraction of sp³-hybridized carbons (Fsp3) is 0.667. The van der Waals surface area contributed by atoms with Crippen molar-refractivity contribution >= 4 is 16.0 Å². The van der Waals surface area contributed by atoms with E-state index in [4.69, 9.17) is 9.73 Å². The van der Waals surface area contributed by atoms with Crippen LogP contribution in [0.1, 0.15) is 44.7 Å². The lowest BCUT2D eigenvalue weighted by Crippen LogP contribution is -2.39. The molecule has 3 N–H and O–H groups in total. The van der Waals surface area contributed by atoms with E-state index in [1.165, 1.54) is 18.4 Å². The van der Waals surface area contributed by atoms with Crippen LogP contribution in [-0.2, 0) is 10.0 Å². The molecule has 1 fully saturated rings. The van der Waals surface area contributed by atoms with Gasteiger partial charge < -0.3 is 15.4 Å². The van der Waals surface area contributed by atoms with Crippen molar-refractivity contribution in [2.45, 2.75) is 39.2 Å². The Bertz CT molecular complexity index is 764. The van der Waals surface area contributed by atoms with E-state index in [9.17, 15) is 8.42 Å². The highest BCUT2D eigenvalue weighted by Crippen LogP contribution is 2.27. The molecule has 1 aliphatic heterocycles. The lowest BCUT2D eigenvalue weighted by molar-refractivity contribution is 0.251. The van der Waals surface area contributed by atoms with Gasteiger partial charge in [0.05, 0.1) is 25.4 Å². The maximum absolute atomic E-state index is 11.5. The topological polar surface area (TPSA) is 95.1 Å². The molecule has 2 rings (SSSR count). The van der Waals surface area contributed by atoms with E-state index in [2.05, 4.69) is 32.4 Å². The van der Waals surface area contributed by atoms with Crippen LogP contribution in [-0.4, -0.2) is 71.4 Å². The number of nitrogens with one attached hydrogen (secondary N) is 3. The van der Waals surface area contributed by atoms with Gasteiger partial charge >= 0.3 is 0 Å². The van der Waals surface area contributed by atoms with Crippen molar-refractivity contribution in [2.75, 3.05) is 52.1 Å². The molecule has 9 heteroatoms. The average molecular weight is 440 g/mol. The minimum absolute atomic E-state index is 0.104. The number of likely N-dealkylation sites (tertiary alicyclic amines) is 1. The summed E-state index contributed by atoms with van der Waals surface area (Å²) in [5.41, 5.74) is 1.21. The highest BCUT2D eigenvalue weighted by molar-refractivity contribution is 7.89. The molecule has 0 radical (unpaired) electrons. The zero-order valence-electron chi connectivity index (χ0n) is 18.5. The predicted molar refractivity (Wildman–Crippen MR) is 123 cm³/mol. The third kappa shape index (κ3) is 8.12. The van der Waals surface area contributed by atoms with E-state index < -0.39 is 10.0 Å². The van der Waals surface area contributed by atoms with Crippen LogP contribution in [0.25, 0.3) is 0 Å². The van der Waals surface area contributed by atoms with Crippen molar-refractivity contribution < 1.29 is 13.2 Å². The number of benzene rings is 1. The van der Waals surface area contributed by atoms with Crippen LogP contribution in [0.3, 0.4) is 0 Å². The molecule has 0 amide bonds. The van der Waals surface area contributed by atoms with Crippen LogP contribution >= 0.6 is 0 Å². The van der Waals surface area contributed by atoms with Crippen molar-refractivity contribution in [2.24, 2.45) is 4.99 Å². The first kappa shape index (κ1) is 24.4. The van der Waals surface area contributed by atoms with Gasteiger partial charge in [-0.05, 0) is 63.9 Å². The van der Waals surface area contributed by atoms with Crippen LogP contribution in [0.15, 0.2) is 29.3 Å². The molecule has 0 spiro atoms. The molecule has 1 unspecified atom stereocenters. The molecule has 0 aliphatic carbocycles. The van der Waals surface area contributed by atoms with Crippen LogP contribution in [0.5, 0.6) is 5.75 Å². The van der Waals surface area contributed by atoms with Crippen LogP contribution in [0.2, 0.25) is 0 Å². The molecular weight excluding hydrogens is 402 g/mol. The summed E-state index contributed by atoms with van der Waals surface area (Å²) < 4.78 is 31.0. The fourth-order valence-electron chi connectivity index (χ4n) is 3.48. The first-order valence-electron chi connectivity index (χ1n) is 10.9. The lowest BCUT2D eigenvalue weighted by Gasteiger charge is -2.27. The highest BCUT2D eigenvalue weighted by Gasteiger charge is 2.23. The van der Waals surface area contributed by atoms with Gasteiger partial charge in [0.1, 0.15) is 5.75 Å². The monoisotopic (exact) mass is 439 g/mol. The van der Waals surface area contributed by atoms with E-state index in [0.717, 1.165) is 31.3 Å². The molecule has 170 valence electrons. The van der Waals surface area contributed by atoms with Gasteiger partial charge in [0.2, 0.25) is 10.0 Å². The standard InChI is InChI=1S/C21H37N5O3S/c1-4-22-21(23-12-9-13-25-30(27,28)5-2)24-17-20(26-14-6-7-15-26)18-10-8-11-19(16-18)29-3/h8,10-11,16,20,25H,4-7,9,12-15,17H2,1-3H3,(H2,22,23,24). The van der Waals surface area contributed by atoms with Crippen molar-refractivity contribution in [3.63, 3.8) is 0 Å². The minimum atomic E-state index is -3.14. The maximum atomic E-state index is 11.5. The highest BCUT2D eigenvalue weighted by atomic mass is 32.2. The van der Waals surface area contributed by atoms with Crippen molar-refractivity contribution in [1.29, 1.82) is 0 Å². The second-order valence-corrected chi connectivity index (χ2v) is 9.43. The summed E-state index contributed by atoms with van der Waals surface area (Å²) in [5, 5.41) is 6.58. The Labute approximate surface area is 181 Å². The molecule has 8 nitrogen and oxygen atoms in total. The normalized spacial score (nSPS) is 16.4. The Balaban J connectivity index is 1.98. The number of methoxy groups -OCH3 is 1. The molecule has 1 saturated heterocycles. The first-order valence-corrected chi connectivity index (χ1v) is 12.5. The number of guanidine groups is 1. The number of hydrogen-bond donors (Lipinski definition) is 3. The largest absolute Gasteiger partial charge is 0.497 e. The molecule has 0 saturated carbocycles. The third-order valence-electron chi connectivity index (χ3n) is 5.17. The second kappa shape index (κ2) is 12.8. The zero-order chi connectivity index (χ0) is 21.8. The van der Waals surface area contributed by atoms with Gasteiger partial charge in [-0.1, -0.05) is 12.1 Å². The van der Waals surface area contributed by atoms with Gasteiger partial charge in [0.25, 0.3) is 0 Å². The first-order chi connectivity index (χ1) is 14.5. The smallest absolute Gasteiger partial charge is 0.211 e. The Morgan fingerprint density at radius 3 is 2.63 bits per heavy atom. The number of rotatable bonds is 12. The molecular formula is C21H37N5O3S. The fourth-order valence-corrected chi connectivity index (χ4v) is 4.14. The number of ether oxygens (including phenoxy) is 1. The van der Waals surface area contributed by atoms with Gasteiger partial charge in [-0.25, -0.2) is 13.1 Å². The summed E-state index contributed by atoms with van der Waals surface area (Å²) in [6, 6.07) is 8.43. The quantitative estimate of drug-likeness (QED) is 0.261. The SMILES string of the molecule is CCNC(=NCC(c1cccc(OC)c1)N1CCCC1)NCCCNS(=O)(=O)CC. The number of sulfonamides is 1. The molecule has 1 aromatic rings. The number of hydrogen-bond acceptors (Lipinski definition) is 5. The zero-order valence-corrected chi connectivity index (χ0v) is 19.3. The van der Waals surface area contributed by atoms with E-state index in [-0.39, 0.29) is 11.8 Å². The summed E-state index contributed by atoms with van der Waals surface area (Å²) in [5.74, 6) is 1.72. The average Bonchev–Trinajstić information content (AvgIpc) is 3.28. The molecule has 1 aliphatic rings. The number of nitrogens with zero attached hydrogens (tertiary/aromatic N) is 2. The summed E-state index contributed by atoms with van der Waals surface area (Å²) in [6.07, 6.45) is 3.13. The Morgan fingerprint density at radius 2 is 1.97 bits per heavy atom.